The van der Waals surface area contributed by atoms with Gasteiger partial charge in [-0.05, 0) is 50.3 Å². The number of carboxylic acid groups (broad SMARTS) is 1. The maximum atomic E-state index is 11.2. The predicted molar refractivity (Wildman–Crippen MR) is 125 cm³/mol. The Morgan fingerprint density at radius 2 is 2.00 bits per heavy atom. The third-order valence-corrected chi connectivity index (χ3v) is 6.52. The smallest absolute Gasteiger partial charge is 0.407 e. The molecule has 2 aliphatic heterocycles. The summed E-state index contributed by atoms with van der Waals surface area (Å²) in [7, 11) is 1.63. The van der Waals surface area contributed by atoms with Crippen LogP contribution in [0.4, 0.5) is 4.79 Å². The van der Waals surface area contributed by atoms with Crippen molar-refractivity contribution in [3.63, 3.8) is 0 Å². The first-order chi connectivity index (χ1) is 16.4. The minimum absolute atomic E-state index is 0.139. The molecule has 34 heavy (non-hydrogen) atoms. The number of likely N-dealkylation sites (tertiary alicyclic amines) is 1. The molecule has 1 N–H and O–H groups in total. The van der Waals surface area contributed by atoms with Crippen molar-refractivity contribution in [3.05, 3.63) is 35.8 Å². The van der Waals surface area contributed by atoms with Gasteiger partial charge >= 0.3 is 6.09 Å². The highest BCUT2D eigenvalue weighted by Crippen LogP contribution is 2.38. The average Bonchev–Trinajstić information content (AvgIpc) is 3.40. The largest absolute Gasteiger partial charge is 0.491 e. The van der Waals surface area contributed by atoms with Gasteiger partial charge in [0.15, 0.2) is 11.6 Å². The summed E-state index contributed by atoms with van der Waals surface area (Å²) in [5.74, 6) is 3.36. The highest BCUT2D eigenvalue weighted by Gasteiger charge is 2.26. The third-order valence-electron chi connectivity index (χ3n) is 6.52. The number of aromatic nitrogens is 5. The summed E-state index contributed by atoms with van der Waals surface area (Å²) >= 11 is 0. The van der Waals surface area contributed by atoms with Gasteiger partial charge in [-0.25, -0.2) is 19.4 Å². The van der Waals surface area contributed by atoms with Gasteiger partial charge in [-0.15, -0.1) is 0 Å². The molecule has 1 amide bonds. The van der Waals surface area contributed by atoms with Crippen molar-refractivity contribution in [1.29, 1.82) is 0 Å². The molecule has 0 aliphatic carbocycles. The number of hydrogen-bond acceptors (Lipinski definition) is 6. The first-order valence-electron chi connectivity index (χ1n) is 11.7. The fourth-order valence-electron chi connectivity index (χ4n) is 4.76. The van der Waals surface area contributed by atoms with E-state index in [1.54, 1.807) is 7.11 Å². The van der Waals surface area contributed by atoms with Crippen LogP contribution in [-0.2, 0) is 17.9 Å². The number of fused-ring (bicyclic) bond motifs is 3. The maximum absolute atomic E-state index is 11.2. The molecule has 0 atom stereocenters. The van der Waals surface area contributed by atoms with Crippen LogP contribution in [0.3, 0.4) is 0 Å². The van der Waals surface area contributed by atoms with E-state index in [4.69, 9.17) is 14.5 Å². The molecule has 0 radical (unpaired) electrons. The minimum Gasteiger partial charge on any atom is -0.491 e. The van der Waals surface area contributed by atoms with E-state index in [1.165, 1.54) is 10.5 Å². The van der Waals surface area contributed by atoms with Gasteiger partial charge in [-0.3, -0.25) is 0 Å². The lowest BCUT2D eigenvalue weighted by atomic mass is 9.89. The number of methoxy groups -OCH3 is 1. The van der Waals surface area contributed by atoms with Gasteiger partial charge in [0.1, 0.15) is 30.5 Å². The molecule has 10 heteroatoms. The summed E-state index contributed by atoms with van der Waals surface area (Å²) in [5.41, 5.74) is 2.91. The fourth-order valence-corrected chi connectivity index (χ4v) is 4.76. The Bertz CT molecular complexity index is 1190. The highest BCUT2D eigenvalue weighted by molar-refractivity contribution is 5.69. The van der Waals surface area contributed by atoms with Crippen LogP contribution in [-0.4, -0.2) is 67.2 Å². The molecule has 180 valence electrons. The summed E-state index contributed by atoms with van der Waals surface area (Å²) in [6.07, 6.45) is 2.81. The van der Waals surface area contributed by atoms with Gasteiger partial charge < -0.3 is 24.0 Å². The number of imidazole rings is 1. The second kappa shape index (κ2) is 9.09. The van der Waals surface area contributed by atoms with Crippen molar-refractivity contribution >= 4 is 6.09 Å². The number of piperidine rings is 1. The van der Waals surface area contributed by atoms with Crippen LogP contribution >= 0.6 is 0 Å². The summed E-state index contributed by atoms with van der Waals surface area (Å²) in [5, 5.41) is 13.8. The molecule has 1 aromatic carbocycles. The molecule has 10 nitrogen and oxygen atoms in total. The summed E-state index contributed by atoms with van der Waals surface area (Å²) in [6.45, 7) is 6.85. The molecule has 0 unspecified atom stereocenters. The van der Waals surface area contributed by atoms with Gasteiger partial charge in [-0.1, -0.05) is 6.07 Å². The standard InChI is InChI=1S/C24H30N6O4/c1-15(2)30-23(26-21(27-30)14-33-3)19-13-29-10-11-34-20-12-17(4-5-18(20)22(29)25-19)16-6-8-28(9-7-16)24(31)32/h4-5,12-13,15-16H,6-11,14H2,1-3H3,(H,31,32). The molecular formula is C24H30N6O4. The molecule has 1 fully saturated rings. The van der Waals surface area contributed by atoms with Crippen molar-refractivity contribution in [2.75, 3.05) is 26.8 Å². The molecule has 3 aromatic rings. The zero-order valence-electron chi connectivity index (χ0n) is 19.8. The Balaban J connectivity index is 1.46. The monoisotopic (exact) mass is 466 g/mol. The Kier molecular flexibility index (Phi) is 5.99. The van der Waals surface area contributed by atoms with E-state index < -0.39 is 6.09 Å². The molecule has 0 spiro atoms. The quantitative estimate of drug-likeness (QED) is 0.610. The Morgan fingerprint density at radius 3 is 2.71 bits per heavy atom. The molecule has 4 heterocycles. The predicted octanol–water partition coefficient (Wildman–Crippen LogP) is 3.79. The maximum Gasteiger partial charge on any atom is 0.407 e. The molecule has 2 aromatic heterocycles. The van der Waals surface area contributed by atoms with Gasteiger partial charge in [0.05, 0.1) is 12.1 Å². The third kappa shape index (κ3) is 4.13. The zero-order chi connectivity index (χ0) is 23.8. The van der Waals surface area contributed by atoms with Gasteiger partial charge in [0, 0.05) is 32.4 Å². The van der Waals surface area contributed by atoms with E-state index in [9.17, 15) is 9.90 Å². The average molecular weight is 467 g/mol. The molecule has 5 rings (SSSR count). The molecule has 0 saturated carbocycles. The van der Waals surface area contributed by atoms with Gasteiger partial charge in [0.2, 0.25) is 0 Å². The molecular weight excluding hydrogens is 436 g/mol. The first kappa shape index (κ1) is 22.4. The SMILES string of the molecule is COCc1nc(-c2cn3c(n2)-c2ccc(C4CCN(C(=O)O)CC4)cc2OCC3)n(C(C)C)n1. The Morgan fingerprint density at radius 1 is 1.21 bits per heavy atom. The number of ether oxygens (including phenoxy) is 2. The van der Waals surface area contributed by atoms with Crippen LogP contribution in [0, 0.1) is 0 Å². The van der Waals surface area contributed by atoms with Crippen LogP contribution in [0.5, 0.6) is 5.75 Å². The number of nitrogens with zero attached hydrogens (tertiary/aromatic N) is 6. The number of carbonyl (C=O) groups is 1. The molecule has 0 bridgehead atoms. The van der Waals surface area contributed by atoms with Crippen molar-refractivity contribution in [2.24, 2.45) is 0 Å². The van der Waals surface area contributed by atoms with E-state index in [0.29, 0.717) is 44.6 Å². The number of hydrogen-bond donors (Lipinski definition) is 1. The summed E-state index contributed by atoms with van der Waals surface area (Å²) in [4.78, 5) is 22.3. The normalized spacial score (nSPS) is 16.2. The number of rotatable bonds is 5. The van der Waals surface area contributed by atoms with E-state index in [1.807, 2.05) is 10.9 Å². The number of amides is 1. The minimum atomic E-state index is -0.839. The second-order valence-corrected chi connectivity index (χ2v) is 9.11. The van der Waals surface area contributed by atoms with Crippen LogP contribution in [0.1, 0.15) is 50.0 Å². The van der Waals surface area contributed by atoms with Crippen molar-refractivity contribution < 1.29 is 19.4 Å². The molecule has 1 saturated heterocycles. The van der Waals surface area contributed by atoms with E-state index in [2.05, 4.69) is 46.7 Å². The van der Waals surface area contributed by atoms with E-state index >= 15 is 0 Å². The summed E-state index contributed by atoms with van der Waals surface area (Å²) in [6, 6.07) is 6.44. The Labute approximate surface area is 198 Å². The molecule has 2 aliphatic rings. The van der Waals surface area contributed by atoms with E-state index in [-0.39, 0.29) is 6.04 Å². The lowest BCUT2D eigenvalue weighted by Crippen LogP contribution is -2.36. The Hall–Kier alpha value is -3.40. The lowest BCUT2D eigenvalue weighted by Gasteiger charge is -2.30. The van der Waals surface area contributed by atoms with Crippen LogP contribution < -0.4 is 4.74 Å². The topological polar surface area (TPSA) is 108 Å². The fraction of sp³-hybridized carbons (Fsp3) is 0.500. The van der Waals surface area contributed by atoms with Gasteiger partial charge in [-0.2, -0.15) is 5.10 Å². The highest BCUT2D eigenvalue weighted by atomic mass is 16.5. The van der Waals surface area contributed by atoms with Crippen LogP contribution in [0.15, 0.2) is 24.4 Å². The zero-order valence-corrected chi connectivity index (χ0v) is 19.8. The van der Waals surface area contributed by atoms with Crippen LogP contribution in [0.2, 0.25) is 0 Å². The number of benzene rings is 1. The summed E-state index contributed by atoms with van der Waals surface area (Å²) < 4.78 is 15.3. The first-order valence-corrected chi connectivity index (χ1v) is 11.7. The van der Waals surface area contributed by atoms with E-state index in [0.717, 1.165) is 41.5 Å². The van der Waals surface area contributed by atoms with Crippen molar-refractivity contribution in [3.8, 4) is 28.7 Å². The van der Waals surface area contributed by atoms with Gasteiger partial charge in [0.25, 0.3) is 0 Å². The lowest BCUT2D eigenvalue weighted by molar-refractivity contribution is 0.132. The van der Waals surface area contributed by atoms with Crippen molar-refractivity contribution in [2.45, 2.75) is 51.8 Å². The van der Waals surface area contributed by atoms with Crippen LogP contribution in [0.25, 0.3) is 22.9 Å². The second-order valence-electron chi connectivity index (χ2n) is 9.11. The van der Waals surface area contributed by atoms with Crippen molar-refractivity contribution in [1.82, 2.24) is 29.2 Å².